The minimum absolute atomic E-state index is 0.761. The molecular weight excluding hydrogens is 438 g/mol. The topological polar surface area (TPSA) is 39.2 Å². The van der Waals surface area contributed by atoms with Crippen LogP contribution < -0.4 is 5.73 Å². The summed E-state index contributed by atoms with van der Waals surface area (Å²) in [6, 6.07) is 44.6. The first kappa shape index (κ1) is 20.5. The van der Waals surface area contributed by atoms with Gasteiger partial charge in [-0.15, -0.1) is 0 Å². The van der Waals surface area contributed by atoms with Crippen LogP contribution in [0, 0.1) is 0 Å². The molecule has 7 aromatic rings. The van der Waals surface area contributed by atoms with Crippen molar-refractivity contribution < 1.29 is 4.42 Å². The molecule has 0 radical (unpaired) electrons. The van der Waals surface area contributed by atoms with E-state index < -0.39 is 0 Å². The van der Waals surface area contributed by atoms with Gasteiger partial charge in [-0.2, -0.15) is 0 Å². The Morgan fingerprint density at radius 2 is 1.08 bits per heavy atom. The summed E-state index contributed by atoms with van der Waals surface area (Å²) in [7, 11) is 0. The zero-order valence-electron chi connectivity index (χ0n) is 19.6. The summed E-state index contributed by atoms with van der Waals surface area (Å²) < 4.78 is 6.22. The zero-order chi connectivity index (χ0) is 24.1. The number of fused-ring (bicyclic) bond motifs is 4. The van der Waals surface area contributed by atoms with Crippen LogP contribution in [-0.2, 0) is 0 Å². The van der Waals surface area contributed by atoms with Crippen molar-refractivity contribution in [2.24, 2.45) is 0 Å². The maximum atomic E-state index is 6.22. The molecule has 0 bridgehead atoms. The number of rotatable bonds is 3. The van der Waals surface area contributed by atoms with Gasteiger partial charge in [0, 0.05) is 16.5 Å². The van der Waals surface area contributed by atoms with Crippen molar-refractivity contribution in [2.75, 3.05) is 5.73 Å². The fourth-order valence-electron chi connectivity index (χ4n) is 5.13. The molecule has 170 valence electrons. The van der Waals surface area contributed by atoms with Gasteiger partial charge in [-0.25, -0.2) is 0 Å². The monoisotopic (exact) mass is 461 g/mol. The molecule has 2 N–H and O–H groups in total. The van der Waals surface area contributed by atoms with Gasteiger partial charge in [-0.3, -0.25) is 0 Å². The first-order valence-corrected chi connectivity index (χ1v) is 12.1. The molecule has 0 saturated carbocycles. The van der Waals surface area contributed by atoms with E-state index in [4.69, 9.17) is 10.2 Å². The van der Waals surface area contributed by atoms with Crippen molar-refractivity contribution in [1.82, 2.24) is 0 Å². The third kappa shape index (κ3) is 3.43. The second kappa shape index (κ2) is 8.14. The van der Waals surface area contributed by atoms with Crippen LogP contribution >= 0.6 is 0 Å². The number of benzene rings is 6. The van der Waals surface area contributed by atoms with E-state index in [0.29, 0.717) is 0 Å². The minimum atomic E-state index is 0.761. The quantitative estimate of drug-likeness (QED) is 0.266. The van der Waals surface area contributed by atoms with Crippen molar-refractivity contribution in [3.8, 4) is 33.4 Å². The highest BCUT2D eigenvalue weighted by molar-refractivity contribution is 6.13. The van der Waals surface area contributed by atoms with Crippen molar-refractivity contribution >= 4 is 38.4 Å². The third-order valence-corrected chi connectivity index (χ3v) is 7.02. The second-order valence-electron chi connectivity index (χ2n) is 9.25. The maximum absolute atomic E-state index is 6.22. The first-order valence-electron chi connectivity index (χ1n) is 12.1. The number of hydrogen-bond acceptors (Lipinski definition) is 2. The summed E-state index contributed by atoms with van der Waals surface area (Å²) in [5.74, 6) is 0. The molecule has 36 heavy (non-hydrogen) atoms. The first-order chi connectivity index (χ1) is 17.7. The highest BCUT2D eigenvalue weighted by Crippen LogP contribution is 2.38. The summed E-state index contributed by atoms with van der Waals surface area (Å²) in [6.45, 7) is 0. The Kier molecular flexibility index (Phi) is 4.65. The molecule has 0 unspecified atom stereocenters. The van der Waals surface area contributed by atoms with Gasteiger partial charge < -0.3 is 10.2 Å². The summed E-state index contributed by atoms with van der Waals surface area (Å²) in [6.07, 6.45) is 0. The van der Waals surface area contributed by atoms with E-state index in [1.54, 1.807) is 0 Å². The fraction of sp³-hybridized carbons (Fsp3) is 0. The molecular formula is C34H23NO. The molecule has 2 nitrogen and oxygen atoms in total. The van der Waals surface area contributed by atoms with E-state index >= 15 is 0 Å². The molecule has 0 atom stereocenters. The van der Waals surface area contributed by atoms with Crippen molar-refractivity contribution in [3.63, 3.8) is 0 Å². The van der Waals surface area contributed by atoms with Crippen LogP contribution in [0.1, 0.15) is 0 Å². The average molecular weight is 462 g/mol. The Hall–Kier alpha value is -4.82. The van der Waals surface area contributed by atoms with E-state index in [1.165, 1.54) is 33.0 Å². The van der Waals surface area contributed by atoms with Gasteiger partial charge >= 0.3 is 0 Å². The lowest BCUT2D eigenvalue weighted by Crippen LogP contribution is -1.85. The number of anilines is 1. The number of furan rings is 1. The van der Waals surface area contributed by atoms with Crippen LogP contribution in [0.3, 0.4) is 0 Å². The molecule has 6 aromatic carbocycles. The predicted molar refractivity (Wildman–Crippen MR) is 152 cm³/mol. The van der Waals surface area contributed by atoms with E-state index in [1.807, 2.05) is 24.3 Å². The van der Waals surface area contributed by atoms with Crippen LogP contribution in [0.15, 0.2) is 132 Å². The molecule has 0 fully saturated rings. The Morgan fingerprint density at radius 1 is 0.444 bits per heavy atom. The Balaban J connectivity index is 1.31. The summed E-state index contributed by atoms with van der Waals surface area (Å²) >= 11 is 0. The fourth-order valence-corrected chi connectivity index (χ4v) is 5.13. The normalized spacial score (nSPS) is 11.4. The van der Waals surface area contributed by atoms with Gasteiger partial charge in [0.2, 0.25) is 0 Å². The van der Waals surface area contributed by atoms with Crippen molar-refractivity contribution in [3.05, 3.63) is 127 Å². The highest BCUT2D eigenvalue weighted by atomic mass is 16.3. The van der Waals surface area contributed by atoms with Crippen LogP contribution in [0.4, 0.5) is 5.69 Å². The van der Waals surface area contributed by atoms with Gasteiger partial charge in [0.25, 0.3) is 0 Å². The van der Waals surface area contributed by atoms with Gasteiger partial charge in [-0.05, 0) is 80.6 Å². The Morgan fingerprint density at radius 3 is 1.86 bits per heavy atom. The molecule has 0 aliphatic rings. The standard InChI is InChI=1S/C34H23NO/c35-29-17-14-25(15-18-29)30-6-3-7-33-34(30)31-21-28(16-19-32(31)36-33)24-10-8-23(9-11-24)27-13-12-22-4-1-2-5-26(22)20-27/h1-21H,35H2. The lowest BCUT2D eigenvalue weighted by atomic mass is 9.96. The van der Waals surface area contributed by atoms with Crippen LogP contribution in [0.25, 0.3) is 66.1 Å². The van der Waals surface area contributed by atoms with E-state index in [2.05, 4.69) is 103 Å². The summed E-state index contributed by atoms with van der Waals surface area (Å²) in [5, 5.41) is 4.77. The Labute approximate surface area is 209 Å². The lowest BCUT2D eigenvalue weighted by molar-refractivity contribution is 0.669. The maximum Gasteiger partial charge on any atom is 0.136 e. The number of nitrogen functional groups attached to an aromatic ring is 1. The summed E-state index contributed by atoms with van der Waals surface area (Å²) in [5.41, 5.74) is 15.5. The zero-order valence-corrected chi connectivity index (χ0v) is 19.6. The van der Waals surface area contributed by atoms with E-state index in [9.17, 15) is 0 Å². The van der Waals surface area contributed by atoms with Crippen LogP contribution in [-0.4, -0.2) is 0 Å². The molecule has 7 rings (SSSR count). The molecule has 0 amide bonds. The number of hydrogen-bond donors (Lipinski definition) is 1. The molecule has 2 heteroatoms. The number of nitrogens with two attached hydrogens (primary N) is 1. The summed E-state index contributed by atoms with van der Waals surface area (Å²) in [4.78, 5) is 0. The molecule has 0 spiro atoms. The van der Waals surface area contributed by atoms with Gasteiger partial charge in [0.1, 0.15) is 11.2 Å². The Bertz CT molecular complexity index is 1880. The van der Waals surface area contributed by atoms with Gasteiger partial charge in [0.05, 0.1) is 0 Å². The van der Waals surface area contributed by atoms with Gasteiger partial charge in [0.15, 0.2) is 0 Å². The van der Waals surface area contributed by atoms with Gasteiger partial charge in [-0.1, -0.05) is 91.0 Å². The van der Waals surface area contributed by atoms with E-state index in [-0.39, 0.29) is 0 Å². The second-order valence-corrected chi connectivity index (χ2v) is 9.25. The van der Waals surface area contributed by atoms with Crippen LogP contribution in [0.5, 0.6) is 0 Å². The smallest absolute Gasteiger partial charge is 0.136 e. The predicted octanol–water partition coefficient (Wildman–Crippen LogP) is 9.32. The largest absolute Gasteiger partial charge is 0.456 e. The van der Waals surface area contributed by atoms with Crippen molar-refractivity contribution in [2.45, 2.75) is 0 Å². The molecule has 1 heterocycles. The highest BCUT2D eigenvalue weighted by Gasteiger charge is 2.13. The van der Waals surface area contributed by atoms with Crippen LogP contribution in [0.2, 0.25) is 0 Å². The third-order valence-electron chi connectivity index (χ3n) is 7.02. The lowest BCUT2D eigenvalue weighted by Gasteiger charge is -2.07. The molecule has 0 aliphatic carbocycles. The SMILES string of the molecule is Nc1ccc(-c2cccc3oc4ccc(-c5ccc(-c6ccc7ccccc7c6)cc5)cc4c23)cc1. The van der Waals surface area contributed by atoms with E-state index in [0.717, 1.165) is 38.8 Å². The minimum Gasteiger partial charge on any atom is -0.456 e. The molecule has 1 aromatic heterocycles. The molecule has 0 saturated heterocycles. The molecule has 0 aliphatic heterocycles. The average Bonchev–Trinajstić information content (AvgIpc) is 3.31. The van der Waals surface area contributed by atoms with Crippen molar-refractivity contribution in [1.29, 1.82) is 0 Å².